The van der Waals surface area contributed by atoms with Crippen molar-refractivity contribution in [2.45, 2.75) is 25.4 Å². The largest absolute Gasteiger partial charge is 0.330 e. The second-order valence-electron chi connectivity index (χ2n) is 7.49. The quantitative estimate of drug-likeness (QED) is 0.806. The molecule has 1 aromatic heterocycles. The summed E-state index contributed by atoms with van der Waals surface area (Å²) in [6.45, 7) is 4.17. The van der Waals surface area contributed by atoms with Crippen LogP contribution in [-0.2, 0) is 11.3 Å². The lowest BCUT2D eigenvalue weighted by atomic mass is 10.2. The molecule has 6 heteroatoms. The van der Waals surface area contributed by atoms with Gasteiger partial charge in [-0.05, 0) is 12.1 Å². The third kappa shape index (κ3) is 4.45. The highest BCUT2D eigenvalue weighted by molar-refractivity contribution is 5.77. The number of benzene rings is 1. The summed E-state index contributed by atoms with van der Waals surface area (Å²) in [6, 6.07) is 13.4. The van der Waals surface area contributed by atoms with Crippen LogP contribution in [0, 0.1) is 5.82 Å². The highest BCUT2D eigenvalue weighted by atomic mass is 19.1. The van der Waals surface area contributed by atoms with Crippen LogP contribution in [0.5, 0.6) is 0 Å². The number of carbonyl (C=O) groups excluding carboxylic acids is 1. The van der Waals surface area contributed by atoms with E-state index in [9.17, 15) is 9.18 Å². The summed E-state index contributed by atoms with van der Waals surface area (Å²) in [4.78, 5) is 21.5. The average molecular weight is 370 g/mol. The highest BCUT2D eigenvalue weighted by Crippen LogP contribution is 2.16. The van der Waals surface area contributed by atoms with Crippen molar-refractivity contribution in [3.63, 3.8) is 0 Å². The Kier molecular flexibility index (Phi) is 5.34. The van der Waals surface area contributed by atoms with E-state index in [4.69, 9.17) is 0 Å². The highest BCUT2D eigenvalue weighted by Gasteiger charge is 2.36. The van der Waals surface area contributed by atoms with Gasteiger partial charge in [0.15, 0.2) is 6.54 Å². The van der Waals surface area contributed by atoms with Crippen molar-refractivity contribution < 1.29 is 19.1 Å². The zero-order valence-corrected chi connectivity index (χ0v) is 15.5. The van der Waals surface area contributed by atoms with Gasteiger partial charge in [-0.15, -0.1) is 0 Å². The van der Waals surface area contributed by atoms with E-state index < -0.39 is 0 Å². The van der Waals surface area contributed by atoms with E-state index in [1.807, 2.05) is 35.4 Å². The minimum absolute atomic E-state index is 0.171. The Balaban J connectivity index is 1.33. The molecule has 2 heterocycles. The SMILES string of the molecule is O=C(C[NH+](Cc1ccccc1F)C1CC1)N1CCN(c2cccc[nH+]2)CC1. The molecule has 1 atom stereocenters. The third-order valence-corrected chi connectivity index (χ3v) is 5.57. The number of anilines is 1. The van der Waals surface area contributed by atoms with E-state index in [0.717, 1.165) is 44.8 Å². The second kappa shape index (κ2) is 8.05. The molecule has 5 nitrogen and oxygen atoms in total. The van der Waals surface area contributed by atoms with E-state index in [0.29, 0.717) is 24.7 Å². The fourth-order valence-corrected chi connectivity index (χ4v) is 3.81. The number of aromatic nitrogens is 1. The smallest absolute Gasteiger partial charge is 0.278 e. The zero-order valence-electron chi connectivity index (χ0n) is 15.5. The van der Waals surface area contributed by atoms with E-state index in [1.54, 1.807) is 6.07 Å². The van der Waals surface area contributed by atoms with Crippen LogP contribution in [0.25, 0.3) is 0 Å². The van der Waals surface area contributed by atoms with Gasteiger partial charge in [-0.2, -0.15) is 0 Å². The standard InChI is InChI=1S/C21H25FN4O/c22-19-6-2-1-5-17(19)15-26(18-8-9-18)16-21(27)25-13-11-24(12-14-25)20-7-3-4-10-23-20/h1-7,10,18H,8-9,11-16H2/p+2. The molecule has 27 heavy (non-hydrogen) atoms. The van der Waals surface area contributed by atoms with Gasteiger partial charge >= 0.3 is 0 Å². The molecule has 2 fully saturated rings. The summed E-state index contributed by atoms with van der Waals surface area (Å²) in [7, 11) is 0. The number of pyridine rings is 1. The number of hydrogen-bond acceptors (Lipinski definition) is 2. The van der Waals surface area contributed by atoms with Crippen LogP contribution in [0.1, 0.15) is 18.4 Å². The second-order valence-corrected chi connectivity index (χ2v) is 7.49. The van der Waals surface area contributed by atoms with Crippen molar-refractivity contribution in [1.82, 2.24) is 4.90 Å². The summed E-state index contributed by atoms with van der Waals surface area (Å²) < 4.78 is 14.0. The molecule has 1 amide bonds. The van der Waals surface area contributed by atoms with Gasteiger partial charge in [0, 0.05) is 24.5 Å². The Hall–Kier alpha value is -2.47. The number of aromatic amines is 1. The van der Waals surface area contributed by atoms with Gasteiger partial charge in [-0.1, -0.05) is 24.3 Å². The summed E-state index contributed by atoms with van der Waals surface area (Å²) >= 11 is 0. The van der Waals surface area contributed by atoms with Gasteiger partial charge in [-0.3, -0.25) is 9.69 Å². The molecule has 1 saturated heterocycles. The number of carbonyl (C=O) groups is 1. The maximum Gasteiger partial charge on any atom is 0.278 e. The van der Waals surface area contributed by atoms with E-state index >= 15 is 0 Å². The molecule has 1 aliphatic heterocycles. The molecule has 142 valence electrons. The molecule has 0 radical (unpaired) electrons. The zero-order chi connectivity index (χ0) is 18.6. The molecule has 0 spiro atoms. The fourth-order valence-electron chi connectivity index (χ4n) is 3.81. The van der Waals surface area contributed by atoms with E-state index in [-0.39, 0.29) is 11.7 Å². The van der Waals surface area contributed by atoms with Gasteiger partial charge in [0.2, 0.25) is 0 Å². The minimum Gasteiger partial charge on any atom is -0.330 e. The molecule has 2 aromatic rings. The lowest BCUT2D eigenvalue weighted by Gasteiger charge is -2.31. The number of rotatable bonds is 6. The van der Waals surface area contributed by atoms with Gasteiger partial charge in [0.25, 0.3) is 11.7 Å². The monoisotopic (exact) mass is 370 g/mol. The molecule has 1 saturated carbocycles. The molecule has 1 unspecified atom stereocenters. The first-order valence-corrected chi connectivity index (χ1v) is 9.78. The maximum absolute atomic E-state index is 14.0. The Morgan fingerprint density at radius 3 is 2.48 bits per heavy atom. The predicted molar refractivity (Wildman–Crippen MR) is 101 cm³/mol. The number of nitrogens with one attached hydrogen (secondary N) is 2. The topological polar surface area (TPSA) is 42.1 Å². The van der Waals surface area contributed by atoms with Crippen molar-refractivity contribution in [2.24, 2.45) is 0 Å². The van der Waals surface area contributed by atoms with Crippen LogP contribution in [0.3, 0.4) is 0 Å². The summed E-state index contributed by atoms with van der Waals surface area (Å²) in [6.07, 6.45) is 4.19. The predicted octanol–water partition coefficient (Wildman–Crippen LogP) is 0.536. The molecule has 4 rings (SSSR count). The number of quaternary nitrogens is 1. The van der Waals surface area contributed by atoms with E-state index in [1.165, 1.54) is 11.0 Å². The van der Waals surface area contributed by atoms with Crippen molar-refractivity contribution in [2.75, 3.05) is 37.6 Å². The number of H-pyrrole nitrogens is 1. The number of hydrogen-bond donors (Lipinski definition) is 1. The van der Waals surface area contributed by atoms with Gasteiger partial charge < -0.3 is 9.80 Å². The molecule has 0 bridgehead atoms. The lowest BCUT2D eigenvalue weighted by Crippen LogP contribution is -3.13. The summed E-state index contributed by atoms with van der Waals surface area (Å²) in [5.74, 6) is 1.11. The molecular weight excluding hydrogens is 343 g/mol. The van der Waals surface area contributed by atoms with Crippen LogP contribution in [0.15, 0.2) is 48.7 Å². The van der Waals surface area contributed by atoms with E-state index in [2.05, 4.69) is 16.0 Å². The summed E-state index contributed by atoms with van der Waals surface area (Å²) in [5, 5.41) is 0. The lowest BCUT2D eigenvalue weighted by molar-refractivity contribution is -0.917. The first kappa shape index (κ1) is 17.9. The molecule has 1 aromatic carbocycles. The van der Waals surface area contributed by atoms with Gasteiger partial charge in [0.1, 0.15) is 25.5 Å². The molecular formula is C21H27FN4O+2. The Bertz CT molecular complexity index is 773. The van der Waals surface area contributed by atoms with Crippen LogP contribution >= 0.6 is 0 Å². The number of nitrogens with zero attached hydrogens (tertiary/aromatic N) is 2. The molecule has 1 aliphatic carbocycles. The number of piperazine rings is 1. The first-order valence-electron chi connectivity index (χ1n) is 9.78. The Morgan fingerprint density at radius 1 is 1.07 bits per heavy atom. The molecule has 2 aliphatic rings. The first-order chi connectivity index (χ1) is 13.2. The molecule has 2 N–H and O–H groups in total. The fraction of sp³-hybridized carbons (Fsp3) is 0.429. The van der Waals surface area contributed by atoms with Gasteiger partial charge in [-0.25, -0.2) is 9.37 Å². The number of halogens is 1. The van der Waals surface area contributed by atoms with Crippen molar-refractivity contribution in [3.8, 4) is 0 Å². The minimum atomic E-state index is -0.171. The average Bonchev–Trinajstić information content (AvgIpc) is 3.55. The Morgan fingerprint density at radius 2 is 1.81 bits per heavy atom. The van der Waals surface area contributed by atoms with Crippen molar-refractivity contribution >= 4 is 11.7 Å². The van der Waals surface area contributed by atoms with Gasteiger partial charge in [0.05, 0.1) is 25.3 Å². The van der Waals surface area contributed by atoms with Crippen molar-refractivity contribution in [1.29, 1.82) is 0 Å². The van der Waals surface area contributed by atoms with Crippen molar-refractivity contribution in [3.05, 3.63) is 60.0 Å². The third-order valence-electron chi connectivity index (χ3n) is 5.57. The van der Waals surface area contributed by atoms with Crippen LogP contribution < -0.4 is 14.8 Å². The van der Waals surface area contributed by atoms with Crippen LogP contribution in [-0.4, -0.2) is 49.6 Å². The maximum atomic E-state index is 14.0. The number of amides is 1. The van der Waals surface area contributed by atoms with Crippen LogP contribution in [0.4, 0.5) is 10.2 Å². The summed E-state index contributed by atoms with van der Waals surface area (Å²) in [5.41, 5.74) is 0.705. The van der Waals surface area contributed by atoms with Crippen LogP contribution in [0.2, 0.25) is 0 Å². The normalized spacial score (nSPS) is 18.4. The Labute approximate surface area is 159 Å².